The Bertz CT molecular complexity index is 787. The minimum Gasteiger partial charge on any atom is -0.383 e. The normalized spacial score (nSPS) is 12.5. The van der Waals surface area contributed by atoms with Crippen molar-refractivity contribution < 1.29 is 4.79 Å². The highest BCUT2D eigenvalue weighted by molar-refractivity contribution is 5.89. The maximum absolute atomic E-state index is 11.1. The summed E-state index contributed by atoms with van der Waals surface area (Å²) in [5.74, 6) is 0.184. The molecule has 1 amide bonds. The van der Waals surface area contributed by atoms with Gasteiger partial charge >= 0.3 is 0 Å². The van der Waals surface area contributed by atoms with E-state index in [2.05, 4.69) is 16.4 Å². The molecule has 0 spiro atoms. The van der Waals surface area contributed by atoms with Gasteiger partial charge in [0.25, 0.3) is 0 Å². The highest BCUT2D eigenvalue weighted by atomic mass is 16.1. The van der Waals surface area contributed by atoms with Crippen LogP contribution in [0.4, 0.5) is 11.5 Å². The molecule has 110 valence electrons. The fourth-order valence-electron chi connectivity index (χ4n) is 2.96. The fourth-order valence-corrected chi connectivity index (χ4v) is 2.96. The molecule has 0 atom stereocenters. The summed E-state index contributed by atoms with van der Waals surface area (Å²) in [6.07, 6.45) is 2.86. The van der Waals surface area contributed by atoms with E-state index in [0.29, 0.717) is 11.4 Å². The number of nitrogen functional groups attached to an aromatic ring is 1. The molecule has 0 saturated heterocycles. The number of carbonyl (C=O) groups is 1. The number of benzene rings is 1. The van der Waals surface area contributed by atoms with Gasteiger partial charge in [0.1, 0.15) is 17.5 Å². The Morgan fingerprint density at radius 1 is 1.32 bits per heavy atom. The molecule has 3 rings (SSSR count). The number of anilines is 2. The lowest BCUT2D eigenvalue weighted by atomic mass is 9.94. The van der Waals surface area contributed by atoms with Gasteiger partial charge in [-0.1, -0.05) is 12.1 Å². The first kappa shape index (κ1) is 14.1. The van der Waals surface area contributed by atoms with Crippen LogP contribution in [0.1, 0.15) is 30.2 Å². The maximum Gasteiger partial charge on any atom is 0.221 e. The second-order valence-electron chi connectivity index (χ2n) is 5.40. The molecule has 2 aromatic rings. The van der Waals surface area contributed by atoms with Crippen LogP contribution in [0.25, 0.3) is 11.1 Å². The van der Waals surface area contributed by atoms with Crippen molar-refractivity contribution in [3.63, 3.8) is 0 Å². The van der Waals surface area contributed by atoms with E-state index < -0.39 is 0 Å². The number of hydrogen-bond acceptors (Lipinski definition) is 4. The molecular weight excluding hydrogens is 276 g/mol. The van der Waals surface area contributed by atoms with Crippen LogP contribution in [-0.4, -0.2) is 10.9 Å². The molecule has 0 unspecified atom stereocenters. The van der Waals surface area contributed by atoms with E-state index in [1.165, 1.54) is 6.92 Å². The number of nitrogens with one attached hydrogen (secondary N) is 1. The summed E-state index contributed by atoms with van der Waals surface area (Å²) >= 11 is 0. The molecule has 1 aliphatic carbocycles. The Balaban J connectivity index is 2.12. The third-order valence-corrected chi connectivity index (χ3v) is 3.86. The molecule has 1 aliphatic rings. The number of rotatable bonds is 2. The van der Waals surface area contributed by atoms with Gasteiger partial charge in [-0.15, -0.1) is 0 Å². The Kier molecular flexibility index (Phi) is 3.51. The summed E-state index contributed by atoms with van der Waals surface area (Å²) in [6, 6.07) is 9.64. The van der Waals surface area contributed by atoms with Gasteiger partial charge in [0.05, 0.1) is 0 Å². The van der Waals surface area contributed by atoms with Crippen molar-refractivity contribution in [1.29, 1.82) is 5.26 Å². The van der Waals surface area contributed by atoms with Crippen LogP contribution in [0.2, 0.25) is 0 Å². The summed E-state index contributed by atoms with van der Waals surface area (Å²) < 4.78 is 0. The number of aromatic nitrogens is 1. The number of amides is 1. The minimum atomic E-state index is -0.112. The number of hydrogen-bond donors (Lipinski definition) is 2. The van der Waals surface area contributed by atoms with Crippen LogP contribution in [0.5, 0.6) is 0 Å². The van der Waals surface area contributed by atoms with Gasteiger partial charge < -0.3 is 11.1 Å². The number of fused-ring (bicyclic) bond motifs is 1. The van der Waals surface area contributed by atoms with E-state index in [1.54, 1.807) is 0 Å². The largest absolute Gasteiger partial charge is 0.383 e. The second kappa shape index (κ2) is 5.49. The Labute approximate surface area is 128 Å². The van der Waals surface area contributed by atoms with Crippen LogP contribution in [-0.2, 0) is 17.6 Å². The van der Waals surface area contributed by atoms with Gasteiger partial charge in [-0.25, -0.2) is 4.98 Å². The molecule has 0 saturated carbocycles. The van der Waals surface area contributed by atoms with Crippen LogP contribution in [0, 0.1) is 11.3 Å². The Morgan fingerprint density at radius 2 is 2.05 bits per heavy atom. The molecule has 1 aromatic heterocycles. The van der Waals surface area contributed by atoms with Crippen molar-refractivity contribution in [2.75, 3.05) is 11.1 Å². The van der Waals surface area contributed by atoms with E-state index in [0.717, 1.165) is 47.3 Å². The van der Waals surface area contributed by atoms with Crippen LogP contribution < -0.4 is 11.1 Å². The van der Waals surface area contributed by atoms with Crippen molar-refractivity contribution in [2.24, 2.45) is 0 Å². The third kappa shape index (κ3) is 2.40. The van der Waals surface area contributed by atoms with Gasteiger partial charge in [0.15, 0.2) is 0 Å². The first-order chi connectivity index (χ1) is 10.6. The van der Waals surface area contributed by atoms with Crippen molar-refractivity contribution in [3.05, 3.63) is 41.1 Å². The predicted molar refractivity (Wildman–Crippen MR) is 85.1 cm³/mol. The number of pyridine rings is 1. The molecule has 0 bridgehead atoms. The average Bonchev–Trinajstić information content (AvgIpc) is 2.94. The van der Waals surface area contributed by atoms with Crippen molar-refractivity contribution in [1.82, 2.24) is 4.98 Å². The summed E-state index contributed by atoms with van der Waals surface area (Å²) in [6.45, 7) is 1.47. The van der Waals surface area contributed by atoms with E-state index in [1.807, 2.05) is 24.3 Å². The van der Waals surface area contributed by atoms with E-state index in [9.17, 15) is 10.1 Å². The van der Waals surface area contributed by atoms with Gasteiger partial charge in [0, 0.05) is 23.9 Å². The number of nitrogens with zero attached hydrogens (tertiary/aromatic N) is 2. The van der Waals surface area contributed by atoms with Crippen LogP contribution in [0.3, 0.4) is 0 Å². The Hall–Kier alpha value is -2.87. The van der Waals surface area contributed by atoms with Gasteiger partial charge in [-0.05, 0) is 42.5 Å². The summed E-state index contributed by atoms with van der Waals surface area (Å²) in [5, 5.41) is 12.2. The summed E-state index contributed by atoms with van der Waals surface area (Å²) in [4.78, 5) is 15.5. The highest BCUT2D eigenvalue weighted by Crippen LogP contribution is 2.36. The van der Waals surface area contributed by atoms with Gasteiger partial charge in [-0.3, -0.25) is 4.79 Å². The highest BCUT2D eigenvalue weighted by Gasteiger charge is 2.23. The molecule has 22 heavy (non-hydrogen) atoms. The zero-order valence-corrected chi connectivity index (χ0v) is 12.3. The smallest absolute Gasteiger partial charge is 0.221 e. The number of nitriles is 1. The van der Waals surface area contributed by atoms with Crippen molar-refractivity contribution >= 4 is 17.4 Å². The molecule has 0 aliphatic heterocycles. The van der Waals surface area contributed by atoms with E-state index in [-0.39, 0.29) is 5.91 Å². The van der Waals surface area contributed by atoms with Crippen LogP contribution >= 0.6 is 0 Å². The number of nitrogens with two attached hydrogens (primary N) is 1. The lowest BCUT2D eigenvalue weighted by Gasteiger charge is -2.13. The van der Waals surface area contributed by atoms with E-state index >= 15 is 0 Å². The quantitative estimate of drug-likeness (QED) is 0.890. The third-order valence-electron chi connectivity index (χ3n) is 3.86. The van der Waals surface area contributed by atoms with Gasteiger partial charge in [0.2, 0.25) is 5.91 Å². The number of aryl methyl sites for hydroxylation is 1. The topological polar surface area (TPSA) is 91.8 Å². The second-order valence-corrected chi connectivity index (χ2v) is 5.40. The zero-order valence-electron chi connectivity index (χ0n) is 12.3. The lowest BCUT2D eigenvalue weighted by Crippen LogP contribution is -2.06. The Morgan fingerprint density at radius 3 is 2.68 bits per heavy atom. The standard InChI is InChI=1S/C17H16N4O/c1-10(22)20-12-7-5-11(6-8-12)16-13-3-2-4-15(13)21-17(19)14(16)9-18/h5-8H,2-4H2,1H3,(H2,19,21)(H,20,22). The molecule has 0 radical (unpaired) electrons. The monoisotopic (exact) mass is 292 g/mol. The van der Waals surface area contributed by atoms with E-state index in [4.69, 9.17) is 5.73 Å². The first-order valence-corrected chi connectivity index (χ1v) is 7.19. The summed E-state index contributed by atoms with van der Waals surface area (Å²) in [7, 11) is 0. The molecule has 1 heterocycles. The average molecular weight is 292 g/mol. The molecule has 5 heteroatoms. The van der Waals surface area contributed by atoms with Crippen molar-refractivity contribution in [2.45, 2.75) is 26.2 Å². The van der Waals surface area contributed by atoms with Gasteiger partial charge in [-0.2, -0.15) is 5.26 Å². The molecule has 0 fully saturated rings. The lowest BCUT2D eigenvalue weighted by molar-refractivity contribution is -0.114. The fraction of sp³-hybridized carbons (Fsp3) is 0.235. The predicted octanol–water partition coefficient (Wildman–Crippen LogP) is 2.65. The number of carbonyl (C=O) groups excluding carboxylic acids is 1. The van der Waals surface area contributed by atoms with Crippen LogP contribution in [0.15, 0.2) is 24.3 Å². The molecule has 3 N–H and O–H groups in total. The maximum atomic E-state index is 11.1. The molecular formula is C17H16N4O. The summed E-state index contributed by atoms with van der Waals surface area (Å²) in [5.41, 5.74) is 11.1. The first-order valence-electron chi connectivity index (χ1n) is 7.19. The minimum absolute atomic E-state index is 0.112. The SMILES string of the molecule is CC(=O)Nc1ccc(-c2c(C#N)c(N)nc3c2CCC3)cc1. The zero-order chi connectivity index (χ0) is 15.7. The van der Waals surface area contributed by atoms with Crippen molar-refractivity contribution in [3.8, 4) is 17.2 Å². The molecule has 1 aromatic carbocycles. The molecule has 5 nitrogen and oxygen atoms in total.